The van der Waals surface area contributed by atoms with Gasteiger partial charge in [0.1, 0.15) is 6.10 Å². The van der Waals surface area contributed by atoms with Crippen LogP contribution in [-0.2, 0) is 15.9 Å². The van der Waals surface area contributed by atoms with Gasteiger partial charge in [0.25, 0.3) is 0 Å². The molecule has 20 heavy (non-hydrogen) atoms. The lowest BCUT2D eigenvalue weighted by molar-refractivity contribution is -0.0395. The Morgan fingerprint density at radius 2 is 1.70 bits per heavy atom. The van der Waals surface area contributed by atoms with E-state index in [0.29, 0.717) is 25.7 Å². The number of aliphatic hydroxyl groups excluding tert-OH is 1. The third kappa shape index (κ3) is 6.51. The van der Waals surface area contributed by atoms with E-state index in [0.717, 1.165) is 12.0 Å². The Morgan fingerprint density at radius 3 is 2.25 bits per heavy atom. The van der Waals surface area contributed by atoms with Crippen LogP contribution >= 0.6 is 0 Å². The topological polar surface area (TPSA) is 38.7 Å². The summed E-state index contributed by atoms with van der Waals surface area (Å²) in [5, 5.41) is 10.1. The van der Waals surface area contributed by atoms with Crippen molar-refractivity contribution in [2.24, 2.45) is 5.92 Å². The first-order valence-electron chi connectivity index (χ1n) is 7.49. The van der Waals surface area contributed by atoms with Gasteiger partial charge in [-0.25, -0.2) is 0 Å². The highest BCUT2D eigenvalue weighted by Crippen LogP contribution is 2.16. The number of aliphatic hydroxyl groups is 1. The molecular formula is C17H28O3. The van der Waals surface area contributed by atoms with Crippen LogP contribution in [0.5, 0.6) is 0 Å². The zero-order valence-corrected chi connectivity index (χ0v) is 13.1. The van der Waals surface area contributed by atoms with Crippen molar-refractivity contribution >= 4 is 0 Å². The third-order valence-electron chi connectivity index (χ3n) is 3.10. The predicted molar refractivity (Wildman–Crippen MR) is 81.9 cm³/mol. The van der Waals surface area contributed by atoms with Crippen LogP contribution in [0.15, 0.2) is 24.3 Å². The Balaban J connectivity index is 2.41. The molecule has 0 aliphatic rings. The second-order valence-electron chi connectivity index (χ2n) is 5.66. The first-order chi connectivity index (χ1) is 9.52. The smallest absolute Gasteiger partial charge is 0.102 e. The molecule has 0 heterocycles. The zero-order chi connectivity index (χ0) is 15.0. The van der Waals surface area contributed by atoms with Crippen LogP contribution in [-0.4, -0.2) is 31.0 Å². The summed E-state index contributed by atoms with van der Waals surface area (Å²) in [4.78, 5) is 0. The molecule has 0 aliphatic heterocycles. The average Bonchev–Trinajstić information content (AvgIpc) is 2.42. The van der Waals surface area contributed by atoms with E-state index < -0.39 is 6.10 Å². The zero-order valence-electron chi connectivity index (χ0n) is 13.1. The molecule has 0 fully saturated rings. The summed E-state index contributed by atoms with van der Waals surface area (Å²) in [6.45, 7) is 9.88. The fourth-order valence-corrected chi connectivity index (χ4v) is 2.03. The minimum absolute atomic E-state index is 0.00446. The molecule has 3 heteroatoms. The molecule has 0 aromatic heterocycles. The Kier molecular flexibility index (Phi) is 7.82. The van der Waals surface area contributed by atoms with Gasteiger partial charge >= 0.3 is 0 Å². The molecule has 1 N–H and O–H groups in total. The highest BCUT2D eigenvalue weighted by molar-refractivity contribution is 5.24. The summed E-state index contributed by atoms with van der Waals surface area (Å²) in [5.41, 5.74) is 2.21. The quantitative estimate of drug-likeness (QED) is 0.754. The number of benzene rings is 1. The fraction of sp³-hybridized carbons (Fsp3) is 0.647. The molecule has 0 amide bonds. The molecule has 0 bridgehead atoms. The van der Waals surface area contributed by atoms with Crippen LogP contribution in [0.4, 0.5) is 0 Å². The van der Waals surface area contributed by atoms with Gasteiger partial charge in [-0.05, 0) is 37.3 Å². The van der Waals surface area contributed by atoms with Crippen LogP contribution in [0.3, 0.4) is 0 Å². The summed E-state index contributed by atoms with van der Waals surface area (Å²) in [6.07, 6.45) is 0.495. The van der Waals surface area contributed by atoms with Gasteiger partial charge in [0, 0.05) is 6.61 Å². The van der Waals surface area contributed by atoms with E-state index >= 15 is 0 Å². The Morgan fingerprint density at radius 1 is 1.05 bits per heavy atom. The van der Waals surface area contributed by atoms with Gasteiger partial charge < -0.3 is 14.6 Å². The van der Waals surface area contributed by atoms with E-state index in [4.69, 9.17) is 9.47 Å². The maximum absolute atomic E-state index is 10.1. The highest BCUT2D eigenvalue weighted by Gasteiger charge is 2.10. The molecule has 2 unspecified atom stereocenters. The maximum atomic E-state index is 10.1. The van der Waals surface area contributed by atoms with Crippen molar-refractivity contribution in [1.82, 2.24) is 0 Å². The van der Waals surface area contributed by atoms with E-state index in [1.807, 2.05) is 26.0 Å². The molecule has 2 atom stereocenters. The van der Waals surface area contributed by atoms with E-state index in [9.17, 15) is 5.11 Å². The molecule has 1 aromatic rings. The molecule has 0 saturated heterocycles. The van der Waals surface area contributed by atoms with E-state index in [1.54, 1.807) is 0 Å². The summed E-state index contributed by atoms with van der Waals surface area (Å²) in [5.74, 6) is 0.647. The number of ether oxygens (including phenoxy) is 2. The van der Waals surface area contributed by atoms with Gasteiger partial charge in [-0.15, -0.1) is 0 Å². The van der Waals surface area contributed by atoms with Gasteiger partial charge in [0.05, 0.1) is 19.3 Å². The second kappa shape index (κ2) is 9.11. The summed E-state index contributed by atoms with van der Waals surface area (Å²) in [6, 6.07) is 8.14. The Labute approximate surface area is 122 Å². The number of hydrogen-bond donors (Lipinski definition) is 1. The first-order valence-corrected chi connectivity index (χ1v) is 7.49. The standard InChI is InChI=1S/C17H28O3/c1-5-19-11-14(4)20-12-17(18)16-8-6-15(7-9-16)10-13(2)3/h6-9,13-14,17-18H,5,10-12H2,1-4H3. The molecule has 0 radical (unpaired) electrons. The lowest BCUT2D eigenvalue weighted by Crippen LogP contribution is -2.19. The number of hydrogen-bond acceptors (Lipinski definition) is 3. The molecule has 1 aromatic carbocycles. The monoisotopic (exact) mass is 280 g/mol. The first kappa shape index (κ1) is 17.2. The lowest BCUT2D eigenvalue weighted by Gasteiger charge is -2.17. The van der Waals surface area contributed by atoms with Gasteiger partial charge in [-0.3, -0.25) is 0 Å². The Bertz CT molecular complexity index is 359. The summed E-state index contributed by atoms with van der Waals surface area (Å²) < 4.78 is 10.9. The molecule has 114 valence electrons. The maximum Gasteiger partial charge on any atom is 0.102 e. The molecular weight excluding hydrogens is 252 g/mol. The van der Waals surface area contributed by atoms with Crippen LogP contribution in [0.2, 0.25) is 0 Å². The minimum Gasteiger partial charge on any atom is -0.386 e. The number of rotatable bonds is 9. The van der Waals surface area contributed by atoms with Gasteiger partial charge in [0.2, 0.25) is 0 Å². The Hall–Kier alpha value is -0.900. The summed E-state index contributed by atoms with van der Waals surface area (Å²) >= 11 is 0. The van der Waals surface area contributed by atoms with Crippen LogP contribution in [0, 0.1) is 5.92 Å². The van der Waals surface area contributed by atoms with Gasteiger partial charge in [-0.2, -0.15) is 0 Å². The van der Waals surface area contributed by atoms with Gasteiger partial charge in [-0.1, -0.05) is 38.1 Å². The van der Waals surface area contributed by atoms with E-state index in [-0.39, 0.29) is 6.10 Å². The highest BCUT2D eigenvalue weighted by atomic mass is 16.5. The van der Waals surface area contributed by atoms with Crippen LogP contribution in [0.1, 0.15) is 44.9 Å². The van der Waals surface area contributed by atoms with Gasteiger partial charge in [0.15, 0.2) is 0 Å². The van der Waals surface area contributed by atoms with Crippen LogP contribution < -0.4 is 0 Å². The summed E-state index contributed by atoms with van der Waals surface area (Å²) in [7, 11) is 0. The molecule has 0 saturated carbocycles. The van der Waals surface area contributed by atoms with Crippen molar-refractivity contribution in [1.29, 1.82) is 0 Å². The van der Waals surface area contributed by atoms with Crippen molar-refractivity contribution in [2.75, 3.05) is 19.8 Å². The van der Waals surface area contributed by atoms with E-state index in [1.165, 1.54) is 5.56 Å². The lowest BCUT2D eigenvalue weighted by atomic mass is 10.0. The third-order valence-corrected chi connectivity index (χ3v) is 3.10. The molecule has 0 spiro atoms. The normalized spacial score (nSPS) is 14.5. The van der Waals surface area contributed by atoms with Crippen molar-refractivity contribution in [3.05, 3.63) is 35.4 Å². The molecule has 0 aliphatic carbocycles. The molecule has 3 nitrogen and oxygen atoms in total. The van der Waals surface area contributed by atoms with Crippen molar-refractivity contribution in [2.45, 2.75) is 46.3 Å². The molecule has 1 rings (SSSR count). The van der Waals surface area contributed by atoms with Crippen molar-refractivity contribution in [3.63, 3.8) is 0 Å². The predicted octanol–water partition coefficient (Wildman–Crippen LogP) is 3.36. The second-order valence-corrected chi connectivity index (χ2v) is 5.66. The van der Waals surface area contributed by atoms with Crippen LogP contribution in [0.25, 0.3) is 0 Å². The van der Waals surface area contributed by atoms with Crippen molar-refractivity contribution in [3.8, 4) is 0 Å². The SMILES string of the molecule is CCOCC(C)OCC(O)c1ccc(CC(C)C)cc1. The minimum atomic E-state index is -0.577. The van der Waals surface area contributed by atoms with Crippen molar-refractivity contribution < 1.29 is 14.6 Å². The fourth-order valence-electron chi connectivity index (χ4n) is 2.03. The van der Waals surface area contributed by atoms with E-state index in [2.05, 4.69) is 26.0 Å². The largest absolute Gasteiger partial charge is 0.386 e. The average molecular weight is 280 g/mol.